The first-order chi connectivity index (χ1) is 6.36. The SMILES string of the molecule is C#CCC(CC)NC1C=CCCC1. The van der Waals surface area contributed by atoms with Crippen LogP contribution in [0.2, 0.25) is 0 Å². The van der Waals surface area contributed by atoms with Gasteiger partial charge in [0.1, 0.15) is 0 Å². The minimum Gasteiger partial charge on any atom is -0.307 e. The average Bonchev–Trinajstić information content (AvgIpc) is 2.19. The Balaban J connectivity index is 2.32. The lowest BCUT2D eigenvalue weighted by atomic mass is 10.0. The van der Waals surface area contributed by atoms with Crippen molar-refractivity contribution < 1.29 is 0 Å². The van der Waals surface area contributed by atoms with Gasteiger partial charge in [-0.3, -0.25) is 0 Å². The second-order valence-electron chi connectivity index (χ2n) is 3.65. The lowest BCUT2D eigenvalue weighted by molar-refractivity contribution is 0.433. The maximum Gasteiger partial charge on any atom is 0.0253 e. The summed E-state index contributed by atoms with van der Waals surface area (Å²) in [5.41, 5.74) is 0. The zero-order valence-electron chi connectivity index (χ0n) is 8.42. The Morgan fingerprint density at radius 3 is 3.08 bits per heavy atom. The summed E-state index contributed by atoms with van der Waals surface area (Å²) in [7, 11) is 0. The first-order valence-electron chi connectivity index (χ1n) is 5.23. The van der Waals surface area contributed by atoms with Crippen LogP contribution in [0.1, 0.15) is 39.0 Å². The van der Waals surface area contributed by atoms with E-state index >= 15 is 0 Å². The molecule has 2 unspecified atom stereocenters. The van der Waals surface area contributed by atoms with E-state index in [4.69, 9.17) is 6.42 Å². The molecule has 0 heterocycles. The summed E-state index contributed by atoms with van der Waals surface area (Å²) in [5.74, 6) is 2.72. The molecule has 0 amide bonds. The first-order valence-corrected chi connectivity index (χ1v) is 5.23. The van der Waals surface area contributed by atoms with Crippen LogP contribution in [0, 0.1) is 12.3 Å². The molecule has 0 aromatic heterocycles. The molecule has 2 atom stereocenters. The quantitative estimate of drug-likeness (QED) is 0.514. The number of rotatable bonds is 4. The largest absolute Gasteiger partial charge is 0.307 e. The van der Waals surface area contributed by atoms with E-state index in [1.807, 2.05) is 0 Å². The summed E-state index contributed by atoms with van der Waals surface area (Å²) < 4.78 is 0. The van der Waals surface area contributed by atoms with Gasteiger partial charge in [0.05, 0.1) is 0 Å². The van der Waals surface area contributed by atoms with Crippen molar-refractivity contribution in [2.75, 3.05) is 0 Å². The van der Waals surface area contributed by atoms with Gasteiger partial charge in [-0.15, -0.1) is 12.3 Å². The molecule has 72 valence electrons. The van der Waals surface area contributed by atoms with Gasteiger partial charge in [0, 0.05) is 18.5 Å². The number of hydrogen-bond donors (Lipinski definition) is 1. The molecular weight excluding hydrogens is 158 g/mol. The van der Waals surface area contributed by atoms with Crippen molar-refractivity contribution in [2.24, 2.45) is 0 Å². The molecule has 0 aliphatic heterocycles. The van der Waals surface area contributed by atoms with Crippen molar-refractivity contribution in [1.82, 2.24) is 5.32 Å². The third-order valence-electron chi connectivity index (χ3n) is 2.56. The third-order valence-corrected chi connectivity index (χ3v) is 2.56. The highest BCUT2D eigenvalue weighted by Crippen LogP contribution is 2.11. The third kappa shape index (κ3) is 3.65. The van der Waals surface area contributed by atoms with Crippen molar-refractivity contribution in [1.29, 1.82) is 0 Å². The van der Waals surface area contributed by atoms with E-state index in [1.54, 1.807) is 0 Å². The second kappa shape index (κ2) is 5.83. The lowest BCUT2D eigenvalue weighted by Gasteiger charge is -2.23. The number of terminal acetylenes is 1. The summed E-state index contributed by atoms with van der Waals surface area (Å²) in [6, 6.07) is 1.06. The summed E-state index contributed by atoms with van der Waals surface area (Å²) >= 11 is 0. The molecule has 1 nitrogen and oxygen atoms in total. The lowest BCUT2D eigenvalue weighted by Crippen LogP contribution is -2.37. The molecule has 0 radical (unpaired) electrons. The highest BCUT2D eigenvalue weighted by molar-refractivity contribution is 5.00. The zero-order valence-corrected chi connectivity index (χ0v) is 8.42. The molecule has 0 saturated carbocycles. The molecular formula is C12H19N. The minimum absolute atomic E-state index is 0.498. The van der Waals surface area contributed by atoms with E-state index in [-0.39, 0.29) is 0 Å². The molecule has 1 N–H and O–H groups in total. The van der Waals surface area contributed by atoms with Gasteiger partial charge in [0.2, 0.25) is 0 Å². The molecule has 0 bridgehead atoms. The average molecular weight is 177 g/mol. The van der Waals surface area contributed by atoms with Gasteiger partial charge >= 0.3 is 0 Å². The van der Waals surface area contributed by atoms with Gasteiger partial charge < -0.3 is 5.32 Å². The van der Waals surface area contributed by atoms with E-state index in [0.717, 1.165) is 12.8 Å². The Hall–Kier alpha value is -0.740. The van der Waals surface area contributed by atoms with Crippen LogP contribution in [0.3, 0.4) is 0 Å². The molecule has 0 aromatic rings. The van der Waals surface area contributed by atoms with E-state index in [9.17, 15) is 0 Å². The maximum atomic E-state index is 5.30. The van der Waals surface area contributed by atoms with Crippen LogP contribution >= 0.6 is 0 Å². The molecule has 1 heteroatoms. The predicted octanol–water partition coefficient (Wildman–Crippen LogP) is 2.49. The highest BCUT2D eigenvalue weighted by atomic mass is 14.9. The van der Waals surface area contributed by atoms with Gasteiger partial charge in [0.15, 0.2) is 0 Å². The fourth-order valence-corrected chi connectivity index (χ4v) is 1.72. The Morgan fingerprint density at radius 2 is 2.54 bits per heavy atom. The Bertz CT molecular complexity index is 200. The first kappa shape index (κ1) is 10.3. The molecule has 0 fully saturated rings. The molecule has 0 aromatic carbocycles. The van der Waals surface area contributed by atoms with Gasteiger partial charge in [-0.25, -0.2) is 0 Å². The second-order valence-corrected chi connectivity index (χ2v) is 3.65. The molecule has 13 heavy (non-hydrogen) atoms. The number of hydrogen-bond acceptors (Lipinski definition) is 1. The van der Waals surface area contributed by atoms with Crippen molar-refractivity contribution in [3.63, 3.8) is 0 Å². The Morgan fingerprint density at radius 1 is 1.69 bits per heavy atom. The van der Waals surface area contributed by atoms with E-state index in [2.05, 4.69) is 30.3 Å². The van der Waals surface area contributed by atoms with Crippen LogP contribution in [0.15, 0.2) is 12.2 Å². The van der Waals surface area contributed by atoms with Crippen LogP contribution in [-0.4, -0.2) is 12.1 Å². The van der Waals surface area contributed by atoms with Gasteiger partial charge in [-0.1, -0.05) is 19.1 Å². The number of allylic oxidation sites excluding steroid dienone is 1. The topological polar surface area (TPSA) is 12.0 Å². The van der Waals surface area contributed by atoms with Crippen molar-refractivity contribution in [3.05, 3.63) is 12.2 Å². The van der Waals surface area contributed by atoms with Crippen molar-refractivity contribution in [2.45, 2.75) is 51.1 Å². The van der Waals surface area contributed by atoms with Crippen molar-refractivity contribution >= 4 is 0 Å². The van der Waals surface area contributed by atoms with Gasteiger partial charge in [-0.05, 0) is 25.7 Å². The molecule has 1 aliphatic rings. The van der Waals surface area contributed by atoms with E-state index < -0.39 is 0 Å². The van der Waals surface area contributed by atoms with Crippen LogP contribution < -0.4 is 5.32 Å². The van der Waals surface area contributed by atoms with Gasteiger partial charge in [0.25, 0.3) is 0 Å². The highest BCUT2D eigenvalue weighted by Gasteiger charge is 2.12. The van der Waals surface area contributed by atoms with E-state index in [1.165, 1.54) is 19.3 Å². The molecule has 1 rings (SSSR count). The molecule has 0 saturated heterocycles. The zero-order chi connectivity index (χ0) is 9.52. The predicted molar refractivity (Wildman–Crippen MR) is 57.4 cm³/mol. The minimum atomic E-state index is 0.498. The van der Waals surface area contributed by atoms with E-state index in [0.29, 0.717) is 12.1 Å². The summed E-state index contributed by atoms with van der Waals surface area (Å²) in [6.07, 6.45) is 15.6. The number of nitrogens with one attached hydrogen (secondary N) is 1. The summed E-state index contributed by atoms with van der Waals surface area (Å²) in [4.78, 5) is 0. The fraction of sp³-hybridized carbons (Fsp3) is 0.667. The maximum absolute atomic E-state index is 5.30. The summed E-state index contributed by atoms with van der Waals surface area (Å²) in [5, 5.41) is 3.58. The molecule has 1 aliphatic carbocycles. The fourth-order valence-electron chi connectivity index (χ4n) is 1.72. The summed E-state index contributed by atoms with van der Waals surface area (Å²) in [6.45, 7) is 2.18. The Labute approximate surface area is 81.6 Å². The van der Waals surface area contributed by atoms with Crippen LogP contribution in [0.4, 0.5) is 0 Å². The van der Waals surface area contributed by atoms with Crippen LogP contribution in [-0.2, 0) is 0 Å². The van der Waals surface area contributed by atoms with Crippen LogP contribution in [0.25, 0.3) is 0 Å². The smallest absolute Gasteiger partial charge is 0.0253 e. The monoisotopic (exact) mass is 177 g/mol. The standard InChI is InChI=1S/C12H19N/c1-3-8-11(4-2)13-12-9-6-5-7-10-12/h1,6,9,11-13H,4-5,7-8,10H2,2H3. The van der Waals surface area contributed by atoms with Gasteiger partial charge in [-0.2, -0.15) is 0 Å². The Kier molecular flexibility index (Phi) is 4.64. The normalized spacial score (nSPS) is 23.8. The molecule has 0 spiro atoms. The van der Waals surface area contributed by atoms with Crippen molar-refractivity contribution in [3.8, 4) is 12.3 Å². The van der Waals surface area contributed by atoms with Crippen LogP contribution in [0.5, 0.6) is 0 Å².